The van der Waals surface area contributed by atoms with Crippen molar-refractivity contribution in [1.29, 1.82) is 0 Å². The summed E-state index contributed by atoms with van der Waals surface area (Å²) in [4.78, 5) is 49.5. The fourth-order valence-electron chi connectivity index (χ4n) is 14.3. The van der Waals surface area contributed by atoms with Crippen LogP contribution in [0.25, 0.3) is 21.5 Å². The monoisotopic (exact) mass is 1050 g/mol. The minimum atomic E-state index is -0.00115. The van der Waals surface area contributed by atoms with E-state index >= 15 is 0 Å². The lowest BCUT2D eigenvalue weighted by Crippen LogP contribution is -2.50. The summed E-state index contributed by atoms with van der Waals surface area (Å²) in [7, 11) is 4.37. The van der Waals surface area contributed by atoms with Gasteiger partial charge in [-0.15, -0.1) is 0 Å². The van der Waals surface area contributed by atoms with Crippen LogP contribution in [0.3, 0.4) is 0 Å². The number of anilines is 4. The third-order valence-corrected chi connectivity index (χ3v) is 19.1. The molecule has 8 heterocycles. The van der Waals surface area contributed by atoms with Crippen molar-refractivity contribution in [1.82, 2.24) is 34.6 Å². The molecule has 14 heteroatoms. The molecule has 0 radical (unpaired) electrons. The molecule has 14 nitrogen and oxygen atoms in total. The fraction of sp³-hybridized carbons (Fsp3) is 0.516. The molecular weight excluding hydrogens is 971 g/mol. The Morgan fingerprint density at radius 2 is 1.01 bits per heavy atom. The number of rotatable bonds is 11. The standard InChI is InChI=1S/C33H40N6O2.C31H39N5O/c1-4-28(40)37-16-18-38(19-17-37)31-30-26(34-32(35-31)41-21-25-11-7-15-36(25)3)20-39(22-33(30)13-14-33)27-12-6-10-24-9-5-8-23(2)29(24)27;1-22-9-6-10-23-11-7-13-26(27(22)23)36-19-25-28(31(21-36)14-15-31)29(35-17-4-3-5-18-35)33-30(32-25)37-20-24-12-8-16-34(24)2/h4-6,8-10,12,25H,1,7,11,13-22H2,2-3H3;6-7,9-11,13,24H,3-5,8,12,14-21H2,1-2H3/t25-;24-/m00/s1. The first-order chi connectivity index (χ1) is 38.1. The molecule has 6 aliphatic heterocycles. The molecule has 1 amide bonds. The van der Waals surface area contributed by atoms with Gasteiger partial charge in [0.15, 0.2) is 0 Å². The number of hydrogen-bond donors (Lipinski definition) is 0. The Labute approximate surface area is 461 Å². The van der Waals surface area contributed by atoms with E-state index < -0.39 is 0 Å². The van der Waals surface area contributed by atoms with Gasteiger partial charge in [0.25, 0.3) is 0 Å². The second-order valence-electron chi connectivity index (χ2n) is 24.2. The Bertz CT molecular complexity index is 3220. The van der Waals surface area contributed by atoms with Crippen LogP contribution >= 0.6 is 0 Å². The van der Waals surface area contributed by atoms with E-state index in [4.69, 9.17) is 29.4 Å². The largest absolute Gasteiger partial charge is 0.462 e. The number of hydrogen-bond acceptors (Lipinski definition) is 13. The first-order valence-corrected chi connectivity index (χ1v) is 29.4. The third kappa shape index (κ3) is 9.68. The van der Waals surface area contributed by atoms with E-state index in [1.165, 1.54) is 124 Å². The molecule has 4 aromatic carbocycles. The summed E-state index contributed by atoms with van der Waals surface area (Å²) in [5.74, 6) is 2.19. The molecule has 6 aromatic rings. The van der Waals surface area contributed by atoms with Crippen LogP contribution in [0.4, 0.5) is 23.0 Å². The number of benzene rings is 4. The first kappa shape index (κ1) is 51.0. The average Bonchev–Trinajstić information content (AvgIpc) is 4.45. The normalized spacial score (nSPS) is 22.4. The second-order valence-corrected chi connectivity index (χ2v) is 24.2. The maximum absolute atomic E-state index is 12.3. The molecule has 4 saturated heterocycles. The third-order valence-electron chi connectivity index (χ3n) is 19.1. The van der Waals surface area contributed by atoms with E-state index in [9.17, 15) is 4.79 Å². The topological polar surface area (TPSA) is 110 Å². The highest BCUT2D eigenvalue weighted by molar-refractivity contribution is 5.98. The lowest BCUT2D eigenvalue weighted by molar-refractivity contribution is -0.126. The minimum Gasteiger partial charge on any atom is -0.462 e. The zero-order valence-corrected chi connectivity index (χ0v) is 46.7. The van der Waals surface area contributed by atoms with Gasteiger partial charge in [0.2, 0.25) is 5.91 Å². The predicted molar refractivity (Wildman–Crippen MR) is 313 cm³/mol. The van der Waals surface area contributed by atoms with Crippen molar-refractivity contribution >= 4 is 50.5 Å². The van der Waals surface area contributed by atoms with Gasteiger partial charge in [0, 0.05) is 109 Å². The molecule has 0 unspecified atom stereocenters. The lowest BCUT2D eigenvalue weighted by atomic mass is 9.88. The molecular formula is C64H79N11O3. The van der Waals surface area contributed by atoms with Gasteiger partial charge in [-0.3, -0.25) is 4.79 Å². The number of nitrogens with zero attached hydrogens (tertiary/aromatic N) is 11. The Morgan fingerprint density at radius 3 is 1.44 bits per heavy atom. The molecule has 0 bridgehead atoms. The van der Waals surface area contributed by atoms with Gasteiger partial charge < -0.3 is 43.8 Å². The van der Waals surface area contributed by atoms with Crippen LogP contribution in [-0.2, 0) is 28.7 Å². The van der Waals surface area contributed by atoms with Crippen molar-refractivity contribution in [2.45, 2.75) is 120 Å². The summed E-state index contributed by atoms with van der Waals surface area (Å²) in [5.41, 5.74) is 10.5. The maximum atomic E-state index is 12.3. The average molecular weight is 1050 g/mol. The smallest absolute Gasteiger partial charge is 0.318 e. The zero-order chi connectivity index (χ0) is 53.1. The number of fused-ring (bicyclic) bond motifs is 6. The van der Waals surface area contributed by atoms with Crippen molar-refractivity contribution in [3.8, 4) is 12.0 Å². The fourth-order valence-corrected chi connectivity index (χ4v) is 14.3. The van der Waals surface area contributed by atoms with Crippen LogP contribution in [-0.4, -0.2) is 145 Å². The van der Waals surface area contributed by atoms with Crippen LogP contribution in [0.2, 0.25) is 0 Å². The van der Waals surface area contributed by atoms with Crippen LogP contribution in [0.15, 0.2) is 85.5 Å². The number of likely N-dealkylation sites (tertiary alicyclic amines) is 2. The highest BCUT2D eigenvalue weighted by Gasteiger charge is 2.54. The van der Waals surface area contributed by atoms with Gasteiger partial charge in [0.05, 0.1) is 24.5 Å². The number of aryl methyl sites for hydroxylation is 2. The molecule has 8 aliphatic rings. The number of piperidine rings is 1. The van der Waals surface area contributed by atoms with Crippen LogP contribution < -0.4 is 29.1 Å². The summed E-state index contributed by atoms with van der Waals surface area (Å²) < 4.78 is 12.7. The molecule has 2 spiro atoms. The number of carbonyl (C=O) groups excluding carboxylic acids is 1. The molecule has 78 heavy (non-hydrogen) atoms. The summed E-state index contributed by atoms with van der Waals surface area (Å²) in [5, 5.41) is 5.29. The van der Waals surface area contributed by atoms with Gasteiger partial charge in [-0.25, -0.2) is 0 Å². The number of amides is 1. The van der Waals surface area contributed by atoms with E-state index in [0.29, 0.717) is 50.4 Å². The summed E-state index contributed by atoms with van der Waals surface area (Å²) >= 11 is 0. The van der Waals surface area contributed by atoms with Gasteiger partial charge >= 0.3 is 12.0 Å². The number of ether oxygens (including phenoxy) is 2. The SMILES string of the molecule is C=CC(=O)N1CCN(c2nc(OC[C@@H]3CCCN3C)nc3c2C2(CC2)CN(c2cccc4cccc(C)c24)C3)CC1.Cc1cccc2cccc(N3Cc4nc(OC[C@@H]5CCCN5C)nc(N5CCCCC5)c4C4(CC4)C3)c12. The summed E-state index contributed by atoms with van der Waals surface area (Å²) in [6.07, 6.45) is 14.7. The number of carbonyl (C=O) groups is 1. The number of aromatic nitrogens is 4. The van der Waals surface area contributed by atoms with Crippen LogP contribution in [0.5, 0.6) is 12.0 Å². The van der Waals surface area contributed by atoms with Crippen molar-refractivity contribution < 1.29 is 14.3 Å². The highest BCUT2D eigenvalue weighted by atomic mass is 16.5. The summed E-state index contributed by atoms with van der Waals surface area (Å²) in [6.45, 7) is 20.2. The Morgan fingerprint density at radius 1 is 0.564 bits per heavy atom. The molecule has 2 aliphatic carbocycles. The van der Waals surface area contributed by atoms with E-state index in [1.807, 2.05) is 4.90 Å². The minimum absolute atomic E-state index is 0.00115. The predicted octanol–water partition coefficient (Wildman–Crippen LogP) is 9.75. The van der Waals surface area contributed by atoms with Gasteiger partial charge in [-0.05, 0) is 152 Å². The molecule has 2 atom stereocenters. The van der Waals surface area contributed by atoms with Crippen molar-refractivity contribution in [2.75, 3.05) is 112 Å². The van der Waals surface area contributed by atoms with E-state index in [0.717, 1.165) is 96.2 Å². The van der Waals surface area contributed by atoms with Crippen LogP contribution in [0, 0.1) is 13.8 Å². The zero-order valence-electron chi connectivity index (χ0n) is 46.7. The maximum Gasteiger partial charge on any atom is 0.318 e. The van der Waals surface area contributed by atoms with E-state index in [-0.39, 0.29) is 16.7 Å². The van der Waals surface area contributed by atoms with Gasteiger partial charge in [0.1, 0.15) is 24.8 Å². The van der Waals surface area contributed by atoms with Gasteiger partial charge in [-0.1, -0.05) is 67.2 Å². The molecule has 6 fully saturated rings. The van der Waals surface area contributed by atoms with Crippen molar-refractivity contribution in [3.05, 3.63) is 119 Å². The van der Waals surface area contributed by atoms with Crippen molar-refractivity contribution in [3.63, 3.8) is 0 Å². The Hall–Kier alpha value is -6.51. The number of likely N-dealkylation sites (N-methyl/N-ethyl adjacent to an activating group) is 2. The van der Waals surface area contributed by atoms with Crippen molar-refractivity contribution in [2.24, 2.45) is 0 Å². The molecule has 408 valence electrons. The van der Waals surface area contributed by atoms with E-state index in [1.54, 1.807) is 0 Å². The molecule has 0 N–H and O–H groups in total. The molecule has 2 aromatic heterocycles. The lowest BCUT2D eigenvalue weighted by Gasteiger charge is -2.41. The second kappa shape index (κ2) is 20.9. The quantitative estimate of drug-likeness (QED) is 0.115. The molecule has 14 rings (SSSR count). The van der Waals surface area contributed by atoms with Crippen LogP contribution in [0.1, 0.15) is 104 Å². The Kier molecular flexibility index (Phi) is 13.7. The Balaban J connectivity index is 0.000000149. The number of piperazine rings is 1. The van der Waals surface area contributed by atoms with E-state index in [2.05, 4.69) is 137 Å². The van der Waals surface area contributed by atoms with Gasteiger partial charge in [-0.2, -0.15) is 19.9 Å². The highest BCUT2D eigenvalue weighted by Crippen LogP contribution is 2.57. The first-order valence-electron chi connectivity index (χ1n) is 29.4. The molecule has 2 saturated carbocycles. The summed E-state index contributed by atoms with van der Waals surface area (Å²) in [6, 6.07) is 28.5.